The number of aryl methyl sites for hydroxylation is 2. The SMILES string of the molecule is CCCCCCc1ccc(C=Cc2ccnc(-c3cc(/C=C/c4ccc(CCCCCC)s4)ccn3)c2)s1. The minimum atomic E-state index is 0.899. The van der Waals surface area contributed by atoms with Crippen LogP contribution in [0.3, 0.4) is 0 Å². The van der Waals surface area contributed by atoms with E-state index in [4.69, 9.17) is 0 Å². The molecule has 0 saturated heterocycles. The molecule has 0 radical (unpaired) electrons. The van der Waals surface area contributed by atoms with E-state index in [1.807, 2.05) is 35.1 Å². The second kappa shape index (κ2) is 15.6. The average Bonchev–Trinajstić information content (AvgIpc) is 3.61. The molecule has 4 rings (SSSR count). The van der Waals surface area contributed by atoms with Crippen molar-refractivity contribution in [2.45, 2.75) is 78.1 Å². The third-order valence-corrected chi connectivity index (χ3v) is 8.85. The number of rotatable bonds is 15. The molecule has 0 aliphatic rings. The van der Waals surface area contributed by atoms with Crippen molar-refractivity contribution in [2.24, 2.45) is 0 Å². The van der Waals surface area contributed by atoms with E-state index >= 15 is 0 Å². The molecule has 0 N–H and O–H groups in total. The number of hydrogen-bond donors (Lipinski definition) is 0. The van der Waals surface area contributed by atoms with E-state index in [1.165, 1.54) is 83.7 Å². The van der Waals surface area contributed by atoms with Gasteiger partial charge in [0.15, 0.2) is 0 Å². The Morgan fingerprint density at radius 1 is 0.553 bits per heavy atom. The van der Waals surface area contributed by atoms with Gasteiger partial charge < -0.3 is 0 Å². The topological polar surface area (TPSA) is 25.8 Å². The molecule has 0 aliphatic heterocycles. The predicted octanol–water partition coefficient (Wildman–Crippen LogP) is 10.9. The van der Waals surface area contributed by atoms with Crippen LogP contribution in [0.4, 0.5) is 0 Å². The molecular weight excluding hydrogens is 501 g/mol. The van der Waals surface area contributed by atoms with Gasteiger partial charge in [0.25, 0.3) is 0 Å². The van der Waals surface area contributed by atoms with Crippen molar-refractivity contribution in [1.82, 2.24) is 9.97 Å². The largest absolute Gasteiger partial charge is 0.255 e. The predicted molar refractivity (Wildman–Crippen MR) is 170 cm³/mol. The molecule has 0 aliphatic carbocycles. The van der Waals surface area contributed by atoms with Crippen molar-refractivity contribution in [3.8, 4) is 11.4 Å². The summed E-state index contributed by atoms with van der Waals surface area (Å²) < 4.78 is 0. The van der Waals surface area contributed by atoms with Crippen LogP contribution < -0.4 is 0 Å². The van der Waals surface area contributed by atoms with E-state index < -0.39 is 0 Å². The van der Waals surface area contributed by atoms with Crippen LogP contribution in [0.5, 0.6) is 0 Å². The number of thiophene rings is 2. The Kier molecular flexibility index (Phi) is 11.5. The highest BCUT2D eigenvalue weighted by Crippen LogP contribution is 2.24. The van der Waals surface area contributed by atoms with Crippen LogP contribution in [0.1, 0.15) is 95.8 Å². The van der Waals surface area contributed by atoms with E-state index in [0.717, 1.165) is 22.5 Å². The van der Waals surface area contributed by atoms with Crippen LogP contribution in [0.2, 0.25) is 0 Å². The van der Waals surface area contributed by atoms with E-state index in [1.54, 1.807) is 0 Å². The van der Waals surface area contributed by atoms with Crippen molar-refractivity contribution in [3.05, 3.63) is 91.6 Å². The van der Waals surface area contributed by atoms with E-state index in [2.05, 4.69) is 96.7 Å². The summed E-state index contributed by atoms with van der Waals surface area (Å²) in [7, 11) is 0. The zero-order chi connectivity index (χ0) is 26.4. The molecule has 4 heteroatoms. The number of hydrogen-bond acceptors (Lipinski definition) is 4. The molecule has 0 bridgehead atoms. The van der Waals surface area contributed by atoms with Crippen LogP contribution in [0, 0.1) is 0 Å². The molecule has 0 atom stereocenters. The Morgan fingerprint density at radius 3 is 1.47 bits per heavy atom. The maximum atomic E-state index is 4.61. The minimum absolute atomic E-state index is 0.899. The smallest absolute Gasteiger partial charge is 0.0892 e. The highest BCUT2D eigenvalue weighted by Gasteiger charge is 2.04. The van der Waals surface area contributed by atoms with Crippen LogP contribution in [0.25, 0.3) is 35.7 Å². The number of aromatic nitrogens is 2. The Bertz CT molecular complexity index is 1210. The van der Waals surface area contributed by atoms with Crippen LogP contribution in [0.15, 0.2) is 60.9 Å². The lowest BCUT2D eigenvalue weighted by atomic mass is 10.1. The second-order valence-corrected chi connectivity index (χ2v) is 12.2. The lowest BCUT2D eigenvalue weighted by Gasteiger charge is -2.03. The summed E-state index contributed by atoms with van der Waals surface area (Å²) in [5, 5.41) is 0. The van der Waals surface area contributed by atoms with Crippen molar-refractivity contribution < 1.29 is 0 Å². The van der Waals surface area contributed by atoms with Gasteiger partial charge in [-0.3, -0.25) is 9.97 Å². The van der Waals surface area contributed by atoms with Crippen LogP contribution in [-0.4, -0.2) is 9.97 Å². The quantitative estimate of drug-likeness (QED) is 0.140. The molecule has 4 aromatic rings. The van der Waals surface area contributed by atoms with Crippen molar-refractivity contribution in [2.75, 3.05) is 0 Å². The van der Waals surface area contributed by atoms with Gasteiger partial charge in [0.1, 0.15) is 0 Å². The van der Waals surface area contributed by atoms with Gasteiger partial charge >= 0.3 is 0 Å². The molecule has 0 unspecified atom stereocenters. The van der Waals surface area contributed by atoms with Gasteiger partial charge in [-0.05, 0) is 97.5 Å². The fourth-order valence-corrected chi connectivity index (χ4v) is 6.34. The standard InChI is InChI=1S/C34H40N2S2/c1-3-5-7-9-11-29-17-19-31(37-29)15-13-27-21-23-35-33(25-27)34-26-28(22-24-36-34)14-16-32-20-18-30(38-32)12-10-8-6-4-2/h13-26H,3-12H2,1-2H3/b15-13+,16-14?. The first-order valence-electron chi connectivity index (χ1n) is 14.2. The van der Waals surface area contributed by atoms with Crippen molar-refractivity contribution >= 4 is 47.0 Å². The third-order valence-electron chi connectivity index (χ3n) is 6.63. The lowest BCUT2D eigenvalue weighted by Crippen LogP contribution is -1.88. The van der Waals surface area contributed by atoms with Gasteiger partial charge in [0.05, 0.1) is 11.4 Å². The number of pyridine rings is 2. The van der Waals surface area contributed by atoms with Crippen molar-refractivity contribution in [3.63, 3.8) is 0 Å². The molecule has 2 nitrogen and oxygen atoms in total. The first-order valence-corrected chi connectivity index (χ1v) is 15.8. The maximum absolute atomic E-state index is 4.61. The highest BCUT2D eigenvalue weighted by molar-refractivity contribution is 7.13. The zero-order valence-electron chi connectivity index (χ0n) is 22.9. The maximum Gasteiger partial charge on any atom is 0.0892 e. The molecule has 0 aromatic carbocycles. The molecule has 38 heavy (non-hydrogen) atoms. The molecular formula is C34H40N2S2. The lowest BCUT2D eigenvalue weighted by molar-refractivity contribution is 0.670. The van der Waals surface area contributed by atoms with E-state index in [-0.39, 0.29) is 0 Å². The van der Waals surface area contributed by atoms with Gasteiger partial charge in [-0.15, -0.1) is 22.7 Å². The minimum Gasteiger partial charge on any atom is -0.255 e. The van der Waals surface area contributed by atoms with E-state index in [9.17, 15) is 0 Å². The van der Waals surface area contributed by atoms with Gasteiger partial charge in [-0.2, -0.15) is 0 Å². The Balaban J connectivity index is 1.36. The monoisotopic (exact) mass is 540 g/mol. The first kappa shape index (κ1) is 28.2. The van der Waals surface area contributed by atoms with Gasteiger partial charge in [0.2, 0.25) is 0 Å². The number of unbranched alkanes of at least 4 members (excludes halogenated alkanes) is 6. The molecule has 198 valence electrons. The van der Waals surface area contributed by atoms with E-state index in [0.29, 0.717) is 0 Å². The second-order valence-electron chi connectivity index (χ2n) is 9.84. The molecule has 4 heterocycles. The van der Waals surface area contributed by atoms with Gasteiger partial charge in [-0.1, -0.05) is 64.5 Å². The molecule has 0 amide bonds. The Morgan fingerprint density at radius 2 is 1.03 bits per heavy atom. The normalized spacial score (nSPS) is 11.7. The summed E-state index contributed by atoms with van der Waals surface area (Å²) in [6.45, 7) is 4.53. The molecule has 0 saturated carbocycles. The fraction of sp³-hybridized carbons (Fsp3) is 0.353. The molecule has 4 aromatic heterocycles. The average molecular weight is 541 g/mol. The molecule has 0 spiro atoms. The summed E-state index contributed by atoms with van der Waals surface area (Å²) >= 11 is 3.80. The number of nitrogens with zero attached hydrogens (tertiary/aromatic N) is 2. The Labute approximate surface area is 237 Å². The zero-order valence-corrected chi connectivity index (χ0v) is 24.5. The van der Waals surface area contributed by atoms with Gasteiger partial charge in [0, 0.05) is 31.9 Å². The van der Waals surface area contributed by atoms with Crippen molar-refractivity contribution in [1.29, 1.82) is 0 Å². The summed E-state index contributed by atoms with van der Waals surface area (Å²) in [6.07, 6.45) is 25.4. The van der Waals surface area contributed by atoms with Crippen LogP contribution >= 0.6 is 22.7 Å². The molecule has 0 fully saturated rings. The summed E-state index contributed by atoms with van der Waals surface area (Å²) in [4.78, 5) is 14.8. The van der Waals surface area contributed by atoms with Crippen LogP contribution in [-0.2, 0) is 12.8 Å². The third kappa shape index (κ3) is 9.18. The summed E-state index contributed by atoms with van der Waals surface area (Å²) in [5.74, 6) is 0. The van der Waals surface area contributed by atoms with Gasteiger partial charge in [-0.25, -0.2) is 0 Å². The summed E-state index contributed by atoms with van der Waals surface area (Å²) in [5.41, 5.74) is 4.08. The first-order chi connectivity index (χ1) is 18.7. The summed E-state index contributed by atoms with van der Waals surface area (Å²) in [6, 6.07) is 17.4. The fourth-order valence-electron chi connectivity index (χ4n) is 4.43. The highest BCUT2D eigenvalue weighted by atomic mass is 32.1. The Hall–Kier alpha value is -2.82.